The summed E-state index contributed by atoms with van der Waals surface area (Å²) < 4.78 is 0. The Hall–Kier alpha value is -1.06. The number of hydrogen-bond acceptors (Lipinski definition) is 3. The molecule has 0 saturated carbocycles. The second-order valence-corrected chi connectivity index (χ2v) is 1.89. The van der Waals surface area contributed by atoms with Crippen LogP contribution in [0.1, 0.15) is 5.56 Å². The molecule has 3 nitrogen and oxygen atoms in total. The van der Waals surface area contributed by atoms with E-state index in [4.69, 9.17) is 5.11 Å². The molecule has 0 aromatic heterocycles. The Morgan fingerprint density at radius 1 is 1.40 bits per heavy atom. The molecule has 1 aromatic carbocycles. The number of para-hydroxylation sites is 1. The van der Waals surface area contributed by atoms with Gasteiger partial charge in [0.05, 0.1) is 6.61 Å². The molecule has 0 bridgehead atoms. The van der Waals surface area contributed by atoms with E-state index in [1.54, 1.807) is 18.2 Å². The largest absolute Gasteiger partial charge is 0.723 e. The Bertz CT molecular complexity index is 210. The number of benzene rings is 1. The topological polar surface area (TPSA) is 52.5 Å². The molecule has 0 aliphatic heterocycles. The van der Waals surface area contributed by atoms with Gasteiger partial charge in [0.2, 0.25) is 0 Å². The molecule has 54 valence electrons. The SMILES string of the molecule is [O-]OCc1ccccc1O. The van der Waals surface area contributed by atoms with Gasteiger partial charge in [-0.25, -0.2) is 0 Å². The van der Waals surface area contributed by atoms with Crippen LogP contribution in [0.15, 0.2) is 24.3 Å². The van der Waals surface area contributed by atoms with Crippen molar-refractivity contribution in [1.82, 2.24) is 0 Å². The molecular weight excluding hydrogens is 132 g/mol. The zero-order valence-corrected chi connectivity index (χ0v) is 5.28. The van der Waals surface area contributed by atoms with Gasteiger partial charge in [0.1, 0.15) is 5.75 Å². The quantitative estimate of drug-likeness (QED) is 0.470. The predicted octanol–water partition coefficient (Wildman–Crippen LogP) is 0.184. The lowest BCUT2D eigenvalue weighted by atomic mass is 10.2. The highest BCUT2D eigenvalue weighted by Gasteiger charge is 1.94. The van der Waals surface area contributed by atoms with Gasteiger partial charge in [0.15, 0.2) is 0 Å². The Labute approximate surface area is 58.4 Å². The van der Waals surface area contributed by atoms with Gasteiger partial charge in [0, 0.05) is 5.56 Å². The third kappa shape index (κ3) is 1.46. The van der Waals surface area contributed by atoms with Crippen molar-refractivity contribution in [1.29, 1.82) is 0 Å². The van der Waals surface area contributed by atoms with Gasteiger partial charge in [-0.3, -0.25) is 0 Å². The molecule has 0 aliphatic rings. The molecule has 1 rings (SSSR count). The molecular formula is C7H7O3-. The summed E-state index contributed by atoms with van der Waals surface area (Å²) in [6.45, 7) is -0.0906. The van der Waals surface area contributed by atoms with Crippen LogP contribution < -0.4 is 5.26 Å². The first-order chi connectivity index (χ1) is 4.84. The minimum atomic E-state index is -0.0906. The normalized spacial score (nSPS) is 9.70. The van der Waals surface area contributed by atoms with Gasteiger partial charge in [-0.15, -0.1) is 0 Å². The van der Waals surface area contributed by atoms with E-state index in [9.17, 15) is 5.26 Å². The molecule has 1 N–H and O–H groups in total. The van der Waals surface area contributed by atoms with Gasteiger partial charge >= 0.3 is 0 Å². The first kappa shape index (κ1) is 7.05. The van der Waals surface area contributed by atoms with E-state index < -0.39 is 0 Å². The first-order valence-corrected chi connectivity index (χ1v) is 2.86. The molecule has 0 aliphatic carbocycles. The van der Waals surface area contributed by atoms with Crippen molar-refractivity contribution < 1.29 is 15.3 Å². The van der Waals surface area contributed by atoms with E-state index in [-0.39, 0.29) is 12.4 Å². The van der Waals surface area contributed by atoms with Crippen molar-refractivity contribution in [2.75, 3.05) is 0 Å². The monoisotopic (exact) mass is 139 g/mol. The molecule has 0 amide bonds. The van der Waals surface area contributed by atoms with Crippen molar-refractivity contribution in [2.45, 2.75) is 6.61 Å². The highest BCUT2D eigenvalue weighted by Crippen LogP contribution is 2.15. The van der Waals surface area contributed by atoms with E-state index in [2.05, 4.69) is 4.89 Å². The first-order valence-electron chi connectivity index (χ1n) is 2.86. The number of aromatic hydroxyl groups is 1. The van der Waals surface area contributed by atoms with Crippen molar-refractivity contribution in [3.8, 4) is 5.75 Å². The molecule has 0 heterocycles. The van der Waals surface area contributed by atoms with Crippen molar-refractivity contribution in [3.63, 3.8) is 0 Å². The van der Waals surface area contributed by atoms with Crippen LogP contribution in [0.2, 0.25) is 0 Å². The summed E-state index contributed by atoms with van der Waals surface area (Å²) in [5.41, 5.74) is 0.512. The van der Waals surface area contributed by atoms with Gasteiger partial charge in [-0.1, -0.05) is 18.2 Å². The van der Waals surface area contributed by atoms with Crippen LogP contribution in [0.3, 0.4) is 0 Å². The molecule has 0 spiro atoms. The van der Waals surface area contributed by atoms with Crippen LogP contribution in [0.4, 0.5) is 0 Å². The molecule has 0 saturated heterocycles. The van der Waals surface area contributed by atoms with Crippen LogP contribution in [0, 0.1) is 0 Å². The summed E-state index contributed by atoms with van der Waals surface area (Å²) in [6, 6.07) is 6.55. The van der Waals surface area contributed by atoms with Gasteiger partial charge in [-0.05, 0) is 6.07 Å². The average Bonchev–Trinajstić information content (AvgIpc) is 1.94. The number of phenolic OH excluding ortho intramolecular Hbond substituents is 1. The Balaban J connectivity index is 2.81. The summed E-state index contributed by atoms with van der Waals surface area (Å²) in [4.78, 5) is 3.60. The highest BCUT2D eigenvalue weighted by molar-refractivity contribution is 5.30. The summed E-state index contributed by atoms with van der Waals surface area (Å²) in [5, 5.41) is 18.7. The van der Waals surface area contributed by atoms with E-state index in [1.165, 1.54) is 6.07 Å². The Morgan fingerprint density at radius 2 is 2.10 bits per heavy atom. The average molecular weight is 139 g/mol. The maximum atomic E-state index is 9.64. The summed E-state index contributed by atoms with van der Waals surface area (Å²) in [5.74, 6) is 0.0957. The fourth-order valence-corrected chi connectivity index (χ4v) is 0.696. The lowest BCUT2D eigenvalue weighted by Gasteiger charge is -2.06. The summed E-state index contributed by atoms with van der Waals surface area (Å²) >= 11 is 0. The lowest BCUT2D eigenvalue weighted by molar-refractivity contribution is -0.695. The molecule has 10 heavy (non-hydrogen) atoms. The van der Waals surface area contributed by atoms with Crippen LogP contribution in [0.5, 0.6) is 5.75 Å². The van der Waals surface area contributed by atoms with Gasteiger partial charge in [-0.2, -0.15) is 0 Å². The number of hydrogen-bond donors (Lipinski definition) is 1. The maximum absolute atomic E-state index is 9.64. The zero-order chi connectivity index (χ0) is 7.40. The van der Waals surface area contributed by atoms with Crippen LogP contribution in [-0.4, -0.2) is 5.11 Å². The fraction of sp³-hybridized carbons (Fsp3) is 0.143. The Morgan fingerprint density at radius 3 is 2.70 bits per heavy atom. The van der Waals surface area contributed by atoms with Crippen molar-refractivity contribution in [3.05, 3.63) is 29.8 Å². The number of rotatable bonds is 2. The van der Waals surface area contributed by atoms with E-state index in [0.29, 0.717) is 5.56 Å². The highest BCUT2D eigenvalue weighted by atomic mass is 17.1. The molecule has 0 fully saturated rings. The minimum Gasteiger partial charge on any atom is -0.723 e. The second kappa shape index (κ2) is 3.20. The number of phenols is 1. The standard InChI is InChI=1S/C7H8O3/c8-7-4-2-1-3-6(7)5-10-9/h1-4,8-9H,5H2/p-1. The maximum Gasteiger partial charge on any atom is 0.121 e. The van der Waals surface area contributed by atoms with E-state index in [1.807, 2.05) is 0 Å². The predicted molar refractivity (Wildman–Crippen MR) is 32.9 cm³/mol. The van der Waals surface area contributed by atoms with Crippen LogP contribution >= 0.6 is 0 Å². The van der Waals surface area contributed by atoms with Crippen LogP contribution in [0.25, 0.3) is 0 Å². The molecule has 3 heteroatoms. The molecule has 0 radical (unpaired) electrons. The molecule has 0 atom stereocenters. The summed E-state index contributed by atoms with van der Waals surface area (Å²) in [7, 11) is 0. The third-order valence-electron chi connectivity index (χ3n) is 1.21. The van der Waals surface area contributed by atoms with E-state index in [0.717, 1.165) is 0 Å². The third-order valence-corrected chi connectivity index (χ3v) is 1.21. The Kier molecular flexibility index (Phi) is 2.25. The van der Waals surface area contributed by atoms with Crippen LogP contribution in [-0.2, 0) is 11.5 Å². The zero-order valence-electron chi connectivity index (χ0n) is 5.28. The molecule has 0 unspecified atom stereocenters. The summed E-state index contributed by atoms with van der Waals surface area (Å²) in [6.07, 6.45) is 0. The second-order valence-electron chi connectivity index (χ2n) is 1.89. The smallest absolute Gasteiger partial charge is 0.121 e. The fourth-order valence-electron chi connectivity index (χ4n) is 0.696. The van der Waals surface area contributed by atoms with E-state index >= 15 is 0 Å². The van der Waals surface area contributed by atoms with Gasteiger partial charge in [0.25, 0.3) is 0 Å². The van der Waals surface area contributed by atoms with Crippen molar-refractivity contribution >= 4 is 0 Å². The lowest BCUT2D eigenvalue weighted by Crippen LogP contribution is -2.04. The van der Waals surface area contributed by atoms with Gasteiger partial charge < -0.3 is 15.3 Å². The molecule has 1 aromatic rings. The minimum absolute atomic E-state index is 0.0906. The van der Waals surface area contributed by atoms with Crippen molar-refractivity contribution in [2.24, 2.45) is 0 Å².